The van der Waals surface area contributed by atoms with Gasteiger partial charge in [-0.15, -0.1) is 0 Å². The van der Waals surface area contributed by atoms with Crippen LogP contribution in [0.2, 0.25) is 5.15 Å². The molecule has 3 rings (SSSR count). The third-order valence-electron chi connectivity index (χ3n) is 4.84. The van der Waals surface area contributed by atoms with Gasteiger partial charge in [0.2, 0.25) is 0 Å². The van der Waals surface area contributed by atoms with Crippen molar-refractivity contribution in [1.82, 2.24) is 9.88 Å². The Hall–Kier alpha value is -1.29. The monoisotopic (exact) mass is 293 g/mol. The molecule has 2 fully saturated rings. The maximum Gasteiger partial charge on any atom is 0.254 e. The van der Waals surface area contributed by atoms with Crippen LogP contribution in [-0.4, -0.2) is 28.9 Å². The lowest BCUT2D eigenvalue weighted by Gasteiger charge is -2.39. The Morgan fingerprint density at radius 2 is 1.85 bits per heavy atom. The number of amides is 1. The van der Waals surface area contributed by atoms with Crippen molar-refractivity contribution in [2.45, 2.75) is 38.5 Å². The predicted molar refractivity (Wildman–Crippen MR) is 79.7 cm³/mol. The number of nitrogens with zero attached hydrogens (tertiary/aromatic N) is 2. The van der Waals surface area contributed by atoms with Gasteiger partial charge >= 0.3 is 0 Å². The molecule has 108 valence electrons. The van der Waals surface area contributed by atoms with Crippen LogP contribution in [0.4, 0.5) is 5.82 Å². The first kappa shape index (κ1) is 13.7. The number of anilines is 1. The van der Waals surface area contributed by atoms with Gasteiger partial charge in [-0.25, -0.2) is 4.98 Å². The van der Waals surface area contributed by atoms with E-state index < -0.39 is 0 Å². The SMILES string of the molecule is Nc1cc(C(=O)N2CCC3(CCCC3)CC2)cc(Cl)n1. The molecule has 20 heavy (non-hydrogen) atoms. The first-order valence-electron chi connectivity index (χ1n) is 7.30. The third-order valence-corrected chi connectivity index (χ3v) is 5.03. The summed E-state index contributed by atoms with van der Waals surface area (Å²) in [5.74, 6) is 0.318. The van der Waals surface area contributed by atoms with Crippen LogP contribution in [0.25, 0.3) is 0 Å². The fourth-order valence-corrected chi connectivity index (χ4v) is 3.85. The van der Waals surface area contributed by atoms with Crippen molar-refractivity contribution in [2.75, 3.05) is 18.8 Å². The van der Waals surface area contributed by atoms with Crippen molar-refractivity contribution >= 4 is 23.3 Å². The maximum atomic E-state index is 12.5. The highest BCUT2D eigenvalue weighted by Crippen LogP contribution is 2.46. The topological polar surface area (TPSA) is 59.2 Å². The third kappa shape index (κ3) is 2.62. The lowest BCUT2D eigenvalue weighted by atomic mass is 9.77. The Morgan fingerprint density at radius 1 is 1.20 bits per heavy atom. The molecular formula is C15H20ClN3O. The summed E-state index contributed by atoms with van der Waals surface area (Å²) in [6.45, 7) is 1.69. The van der Waals surface area contributed by atoms with E-state index >= 15 is 0 Å². The highest BCUT2D eigenvalue weighted by atomic mass is 35.5. The van der Waals surface area contributed by atoms with Gasteiger partial charge in [0.15, 0.2) is 0 Å². The minimum absolute atomic E-state index is 0.0221. The zero-order chi connectivity index (χ0) is 14.2. The molecule has 1 aliphatic heterocycles. The molecule has 2 heterocycles. The number of hydrogen-bond acceptors (Lipinski definition) is 3. The largest absolute Gasteiger partial charge is 0.384 e. The zero-order valence-corrected chi connectivity index (χ0v) is 12.3. The summed E-state index contributed by atoms with van der Waals surface area (Å²) in [6.07, 6.45) is 7.64. The van der Waals surface area contributed by atoms with Gasteiger partial charge in [0, 0.05) is 18.7 Å². The Bertz CT molecular complexity index is 496. The van der Waals surface area contributed by atoms with Crippen LogP contribution in [0.5, 0.6) is 0 Å². The summed E-state index contributed by atoms with van der Waals surface area (Å²) in [5, 5.41) is 0.276. The van der Waals surface area contributed by atoms with Crippen LogP contribution in [0.3, 0.4) is 0 Å². The molecule has 1 aliphatic carbocycles. The average molecular weight is 294 g/mol. The van der Waals surface area contributed by atoms with Crippen LogP contribution >= 0.6 is 11.6 Å². The van der Waals surface area contributed by atoms with Crippen molar-refractivity contribution in [3.8, 4) is 0 Å². The number of rotatable bonds is 1. The fraction of sp³-hybridized carbons (Fsp3) is 0.600. The van der Waals surface area contributed by atoms with Crippen molar-refractivity contribution in [3.05, 3.63) is 22.8 Å². The molecular weight excluding hydrogens is 274 g/mol. The number of piperidine rings is 1. The summed E-state index contributed by atoms with van der Waals surface area (Å²) in [7, 11) is 0. The van der Waals surface area contributed by atoms with Crippen molar-refractivity contribution in [1.29, 1.82) is 0 Å². The summed E-state index contributed by atoms with van der Waals surface area (Å²) in [6, 6.07) is 3.20. The molecule has 1 aromatic heterocycles. The number of aromatic nitrogens is 1. The van der Waals surface area contributed by atoms with Crippen molar-refractivity contribution in [2.24, 2.45) is 5.41 Å². The summed E-state index contributed by atoms with van der Waals surface area (Å²) >= 11 is 5.87. The molecule has 0 unspecified atom stereocenters. The number of hydrogen-bond donors (Lipinski definition) is 1. The Kier molecular flexibility index (Phi) is 3.59. The second-order valence-electron chi connectivity index (χ2n) is 6.10. The standard InChI is InChI=1S/C15H20ClN3O/c16-12-9-11(10-13(17)18-12)14(20)19-7-5-15(6-8-19)3-1-2-4-15/h9-10H,1-8H2,(H2,17,18). The highest BCUT2D eigenvalue weighted by Gasteiger charge is 2.38. The Balaban J connectivity index is 1.69. The minimum Gasteiger partial charge on any atom is -0.384 e. The Morgan fingerprint density at radius 3 is 2.45 bits per heavy atom. The van der Waals surface area contributed by atoms with Gasteiger partial charge in [-0.3, -0.25) is 4.79 Å². The molecule has 2 N–H and O–H groups in total. The van der Waals surface area contributed by atoms with Crippen LogP contribution in [-0.2, 0) is 0 Å². The first-order valence-corrected chi connectivity index (χ1v) is 7.68. The summed E-state index contributed by atoms with van der Waals surface area (Å²) in [4.78, 5) is 18.3. The normalized spacial score (nSPS) is 21.4. The minimum atomic E-state index is 0.0221. The van der Waals surface area contributed by atoms with Crippen LogP contribution < -0.4 is 5.73 Å². The summed E-state index contributed by atoms with van der Waals surface area (Å²) in [5.41, 5.74) is 6.72. The van der Waals surface area contributed by atoms with Gasteiger partial charge in [0.25, 0.3) is 5.91 Å². The van der Waals surface area contributed by atoms with Gasteiger partial charge in [-0.2, -0.15) is 0 Å². The number of nitrogen functional groups attached to an aromatic ring is 1. The summed E-state index contributed by atoms with van der Waals surface area (Å²) < 4.78 is 0. The molecule has 4 nitrogen and oxygen atoms in total. The van der Waals surface area contributed by atoms with Gasteiger partial charge in [0.05, 0.1) is 0 Å². The molecule has 1 saturated carbocycles. The van der Waals surface area contributed by atoms with Gasteiger partial charge in [-0.05, 0) is 43.2 Å². The number of carbonyl (C=O) groups is 1. The van der Waals surface area contributed by atoms with Crippen molar-refractivity contribution in [3.63, 3.8) is 0 Å². The molecule has 2 aliphatic rings. The maximum absolute atomic E-state index is 12.5. The van der Waals surface area contributed by atoms with Crippen LogP contribution in [0.1, 0.15) is 48.9 Å². The number of halogens is 1. The fourth-order valence-electron chi connectivity index (χ4n) is 3.63. The van der Waals surface area contributed by atoms with Crippen LogP contribution in [0.15, 0.2) is 12.1 Å². The van der Waals surface area contributed by atoms with E-state index in [0.29, 0.717) is 16.8 Å². The Labute approximate surface area is 124 Å². The lowest BCUT2D eigenvalue weighted by molar-refractivity contribution is 0.0587. The molecule has 0 aromatic carbocycles. The number of likely N-dealkylation sites (tertiary alicyclic amines) is 1. The van der Waals surface area contributed by atoms with E-state index in [0.717, 1.165) is 25.9 Å². The van der Waals surface area contributed by atoms with Gasteiger partial charge in [-0.1, -0.05) is 24.4 Å². The molecule has 0 atom stereocenters. The molecule has 0 radical (unpaired) electrons. The van der Waals surface area contributed by atoms with E-state index in [-0.39, 0.29) is 11.1 Å². The lowest BCUT2D eigenvalue weighted by Crippen LogP contribution is -2.42. The molecule has 1 spiro atoms. The zero-order valence-electron chi connectivity index (χ0n) is 11.6. The molecule has 0 bridgehead atoms. The van der Waals surface area contributed by atoms with Gasteiger partial charge in [0.1, 0.15) is 11.0 Å². The number of carbonyl (C=O) groups excluding carboxylic acids is 1. The predicted octanol–water partition coefficient (Wildman–Crippen LogP) is 3.11. The molecule has 1 amide bonds. The van der Waals surface area contributed by atoms with Crippen molar-refractivity contribution < 1.29 is 4.79 Å². The van der Waals surface area contributed by atoms with Gasteiger partial charge < -0.3 is 10.6 Å². The highest BCUT2D eigenvalue weighted by molar-refractivity contribution is 6.29. The molecule has 1 aromatic rings. The van der Waals surface area contributed by atoms with E-state index in [1.807, 2.05) is 4.90 Å². The smallest absolute Gasteiger partial charge is 0.254 e. The van der Waals surface area contributed by atoms with E-state index in [9.17, 15) is 4.79 Å². The first-order chi connectivity index (χ1) is 9.58. The second kappa shape index (κ2) is 5.24. The van der Waals surface area contributed by atoms with E-state index in [1.54, 1.807) is 12.1 Å². The average Bonchev–Trinajstić information content (AvgIpc) is 2.86. The van der Waals surface area contributed by atoms with Crippen LogP contribution in [0, 0.1) is 5.41 Å². The van der Waals surface area contributed by atoms with E-state index in [1.165, 1.54) is 25.7 Å². The second-order valence-corrected chi connectivity index (χ2v) is 6.49. The number of nitrogens with two attached hydrogens (primary N) is 1. The molecule has 5 heteroatoms. The molecule has 1 saturated heterocycles. The number of pyridine rings is 1. The quantitative estimate of drug-likeness (QED) is 0.809. The van der Waals surface area contributed by atoms with E-state index in [4.69, 9.17) is 17.3 Å². The van der Waals surface area contributed by atoms with E-state index in [2.05, 4.69) is 4.98 Å².